The summed E-state index contributed by atoms with van der Waals surface area (Å²) in [7, 11) is 1.65. The monoisotopic (exact) mass is 375 g/mol. The highest BCUT2D eigenvalue weighted by Crippen LogP contribution is 2.28. The zero-order valence-electron chi connectivity index (χ0n) is 13.3. The molecule has 2 N–H and O–H groups in total. The first-order valence-corrected chi connectivity index (χ1v) is 9.44. The van der Waals surface area contributed by atoms with Crippen molar-refractivity contribution < 1.29 is 4.74 Å². The van der Waals surface area contributed by atoms with Crippen molar-refractivity contribution in [3.63, 3.8) is 0 Å². The molecular formula is C17H17N3OS3. The standard InChI is InChI=1S/C17H17N3OS3/c1-11-19-15(10-23-11)16-7-6-14(24-16)9-18-17(22)20-12-4-3-5-13(8-12)21-2/h3-8,10H,9H2,1-2H3,(H2,18,20,22). The van der Waals surface area contributed by atoms with Crippen LogP contribution in [-0.2, 0) is 6.54 Å². The van der Waals surface area contributed by atoms with Crippen LogP contribution < -0.4 is 15.4 Å². The molecule has 0 saturated carbocycles. The Morgan fingerprint density at radius 2 is 2.17 bits per heavy atom. The van der Waals surface area contributed by atoms with Crippen molar-refractivity contribution in [3.8, 4) is 16.3 Å². The molecule has 0 atom stereocenters. The predicted molar refractivity (Wildman–Crippen MR) is 106 cm³/mol. The van der Waals surface area contributed by atoms with Crippen LogP contribution in [0.15, 0.2) is 41.8 Å². The normalized spacial score (nSPS) is 10.4. The predicted octanol–water partition coefficient (Wildman–Crippen LogP) is 4.68. The Labute approximate surface area is 154 Å². The number of thiophene rings is 1. The van der Waals surface area contributed by atoms with Gasteiger partial charge in [-0.25, -0.2) is 4.98 Å². The summed E-state index contributed by atoms with van der Waals surface area (Å²) in [6, 6.07) is 11.9. The number of aromatic nitrogens is 1. The first-order valence-electron chi connectivity index (χ1n) is 7.34. The van der Waals surface area contributed by atoms with Gasteiger partial charge in [-0.15, -0.1) is 22.7 Å². The molecule has 0 bridgehead atoms. The van der Waals surface area contributed by atoms with E-state index in [4.69, 9.17) is 17.0 Å². The van der Waals surface area contributed by atoms with Crippen LogP contribution in [0.3, 0.4) is 0 Å². The molecule has 0 spiro atoms. The van der Waals surface area contributed by atoms with Crippen molar-refractivity contribution in [3.05, 3.63) is 51.7 Å². The Hall–Kier alpha value is -1.96. The average Bonchev–Trinajstić information content (AvgIpc) is 3.22. The quantitative estimate of drug-likeness (QED) is 0.634. The van der Waals surface area contributed by atoms with Crippen LogP contribution >= 0.6 is 34.9 Å². The third-order valence-corrected chi connectivity index (χ3v) is 5.41. The topological polar surface area (TPSA) is 46.2 Å². The van der Waals surface area contributed by atoms with Crippen LogP contribution in [0.1, 0.15) is 9.88 Å². The zero-order chi connectivity index (χ0) is 16.9. The smallest absolute Gasteiger partial charge is 0.171 e. The van der Waals surface area contributed by atoms with Crippen molar-refractivity contribution in [1.29, 1.82) is 0 Å². The van der Waals surface area contributed by atoms with Gasteiger partial charge in [-0.3, -0.25) is 0 Å². The number of hydrogen-bond acceptors (Lipinski definition) is 5. The van der Waals surface area contributed by atoms with Crippen LogP contribution in [0.4, 0.5) is 5.69 Å². The Kier molecular flexibility index (Phi) is 5.44. The van der Waals surface area contributed by atoms with E-state index in [9.17, 15) is 0 Å². The number of aryl methyl sites for hydroxylation is 1. The lowest BCUT2D eigenvalue weighted by Gasteiger charge is -2.10. The van der Waals surface area contributed by atoms with Crippen molar-refractivity contribution in [2.75, 3.05) is 12.4 Å². The van der Waals surface area contributed by atoms with Crippen LogP contribution in [0.5, 0.6) is 5.75 Å². The van der Waals surface area contributed by atoms with Gasteiger partial charge in [0.25, 0.3) is 0 Å². The lowest BCUT2D eigenvalue weighted by molar-refractivity contribution is 0.415. The SMILES string of the molecule is COc1cccc(NC(=S)NCc2ccc(-c3csc(C)n3)s2)c1. The number of nitrogens with one attached hydrogen (secondary N) is 2. The number of nitrogens with zero attached hydrogens (tertiary/aromatic N) is 1. The second-order valence-electron chi connectivity index (χ2n) is 5.06. The minimum absolute atomic E-state index is 0.586. The van der Waals surface area contributed by atoms with E-state index in [0.717, 1.165) is 22.1 Å². The second kappa shape index (κ2) is 7.74. The number of anilines is 1. The molecule has 0 unspecified atom stereocenters. The van der Waals surface area contributed by atoms with E-state index in [1.54, 1.807) is 29.8 Å². The summed E-state index contributed by atoms with van der Waals surface area (Å²) in [6.07, 6.45) is 0. The summed E-state index contributed by atoms with van der Waals surface area (Å²) in [5.74, 6) is 0.796. The van der Waals surface area contributed by atoms with Crippen molar-refractivity contribution in [1.82, 2.24) is 10.3 Å². The first-order chi connectivity index (χ1) is 11.6. The molecule has 3 rings (SSSR count). The summed E-state index contributed by atoms with van der Waals surface area (Å²) >= 11 is 8.75. The van der Waals surface area contributed by atoms with Gasteiger partial charge in [0.2, 0.25) is 0 Å². The van der Waals surface area contributed by atoms with E-state index in [1.165, 1.54) is 9.75 Å². The summed E-state index contributed by atoms with van der Waals surface area (Å²) in [5.41, 5.74) is 1.95. The van der Waals surface area contributed by atoms with E-state index in [2.05, 4.69) is 33.1 Å². The maximum Gasteiger partial charge on any atom is 0.171 e. The average molecular weight is 376 g/mol. The van der Waals surface area contributed by atoms with Gasteiger partial charge in [0, 0.05) is 22.0 Å². The van der Waals surface area contributed by atoms with Crippen LogP contribution in [0.25, 0.3) is 10.6 Å². The molecule has 2 aromatic heterocycles. The van der Waals surface area contributed by atoms with E-state index < -0.39 is 0 Å². The van der Waals surface area contributed by atoms with Crippen molar-refractivity contribution in [2.45, 2.75) is 13.5 Å². The molecule has 0 aliphatic heterocycles. The van der Waals surface area contributed by atoms with Gasteiger partial charge in [0.1, 0.15) is 5.75 Å². The number of rotatable bonds is 5. The van der Waals surface area contributed by atoms with Gasteiger partial charge in [0.15, 0.2) is 5.11 Å². The summed E-state index contributed by atoms with van der Waals surface area (Å²) in [4.78, 5) is 6.92. The minimum Gasteiger partial charge on any atom is -0.497 e. The number of benzene rings is 1. The van der Waals surface area contributed by atoms with Gasteiger partial charge in [-0.2, -0.15) is 0 Å². The van der Waals surface area contributed by atoms with Gasteiger partial charge < -0.3 is 15.4 Å². The fraction of sp³-hybridized carbons (Fsp3) is 0.176. The maximum absolute atomic E-state index is 5.35. The fourth-order valence-corrected chi connectivity index (χ4v) is 3.92. The Morgan fingerprint density at radius 1 is 1.29 bits per heavy atom. The molecule has 2 heterocycles. The minimum atomic E-state index is 0.586. The number of methoxy groups -OCH3 is 1. The molecule has 1 aromatic carbocycles. The molecule has 7 heteroatoms. The fourth-order valence-electron chi connectivity index (χ4n) is 2.13. The highest BCUT2D eigenvalue weighted by Gasteiger charge is 2.07. The summed E-state index contributed by atoms with van der Waals surface area (Å²) in [6.45, 7) is 2.70. The van der Waals surface area contributed by atoms with E-state index in [-0.39, 0.29) is 0 Å². The summed E-state index contributed by atoms with van der Waals surface area (Å²) in [5, 5.41) is 10.2. The van der Waals surface area contributed by atoms with E-state index >= 15 is 0 Å². The lowest BCUT2D eigenvalue weighted by Crippen LogP contribution is -2.27. The Morgan fingerprint density at radius 3 is 2.92 bits per heavy atom. The van der Waals surface area contributed by atoms with Gasteiger partial charge >= 0.3 is 0 Å². The molecule has 0 radical (unpaired) electrons. The van der Waals surface area contributed by atoms with E-state index in [1.807, 2.05) is 31.2 Å². The second-order valence-corrected chi connectivity index (χ2v) is 7.70. The number of hydrogen-bond donors (Lipinski definition) is 2. The highest BCUT2D eigenvalue weighted by molar-refractivity contribution is 7.80. The third kappa shape index (κ3) is 4.31. The Bertz CT molecular complexity index is 841. The van der Waals surface area contributed by atoms with E-state index in [0.29, 0.717) is 11.7 Å². The first kappa shape index (κ1) is 16.9. The number of thiazole rings is 1. The number of ether oxygens (including phenoxy) is 1. The molecule has 124 valence electrons. The molecule has 4 nitrogen and oxygen atoms in total. The van der Waals surface area contributed by atoms with Crippen LogP contribution in [-0.4, -0.2) is 17.2 Å². The van der Waals surface area contributed by atoms with Gasteiger partial charge in [-0.1, -0.05) is 6.07 Å². The lowest BCUT2D eigenvalue weighted by atomic mass is 10.3. The van der Waals surface area contributed by atoms with Crippen molar-refractivity contribution in [2.24, 2.45) is 0 Å². The molecule has 24 heavy (non-hydrogen) atoms. The highest BCUT2D eigenvalue weighted by atomic mass is 32.1. The summed E-state index contributed by atoms with van der Waals surface area (Å²) < 4.78 is 5.21. The molecule has 0 aliphatic carbocycles. The van der Waals surface area contributed by atoms with Crippen LogP contribution in [0.2, 0.25) is 0 Å². The molecule has 3 aromatic rings. The number of thiocarbonyl (C=S) groups is 1. The Balaban J connectivity index is 1.55. The van der Waals surface area contributed by atoms with Gasteiger partial charge in [0.05, 0.1) is 29.2 Å². The molecule has 0 aliphatic rings. The maximum atomic E-state index is 5.35. The molecular weight excluding hydrogens is 358 g/mol. The van der Waals surface area contributed by atoms with Crippen molar-refractivity contribution >= 4 is 45.7 Å². The largest absolute Gasteiger partial charge is 0.497 e. The zero-order valence-corrected chi connectivity index (χ0v) is 15.8. The van der Waals surface area contributed by atoms with Crippen LogP contribution in [0, 0.1) is 6.92 Å². The molecule has 0 amide bonds. The third-order valence-electron chi connectivity index (χ3n) is 3.28. The molecule has 0 saturated heterocycles. The molecule has 0 fully saturated rings. The van der Waals surface area contributed by atoms with Gasteiger partial charge in [-0.05, 0) is 43.4 Å².